The number of hydrogen-bond donors (Lipinski definition) is 1. The first-order valence-corrected chi connectivity index (χ1v) is 16.3. The van der Waals surface area contributed by atoms with E-state index in [-0.39, 0.29) is 47.9 Å². The summed E-state index contributed by atoms with van der Waals surface area (Å²) < 4.78 is 6.50. The number of ketones is 1. The number of carbonyl (C=O) groups excluding carboxylic acids is 1. The van der Waals surface area contributed by atoms with E-state index < -0.39 is 0 Å². The van der Waals surface area contributed by atoms with Crippen LogP contribution in [-0.2, 0) is 30.3 Å². The Labute approximate surface area is 287 Å². The van der Waals surface area contributed by atoms with E-state index in [9.17, 15) is 9.90 Å². The van der Waals surface area contributed by atoms with Crippen molar-refractivity contribution in [3.8, 4) is 11.3 Å². The maximum Gasteiger partial charge on any atom is 0.164 e. The van der Waals surface area contributed by atoms with Crippen LogP contribution in [0.5, 0.6) is 0 Å². The van der Waals surface area contributed by atoms with Crippen LogP contribution in [0.3, 0.4) is 0 Å². The summed E-state index contributed by atoms with van der Waals surface area (Å²) in [5, 5.41) is 14.9. The number of fused-ring (bicyclic) bond motifs is 4. The standard InChI is InChI=1S/C26H18NO.C15H28O2.Ir/c1-26(2)13-12-19-23-16(7-5-10-21(23)26)15-20-17-8-6-9-18(24(17)28-25(19)20)22-11-3-4-14-27-22;1-7-14(5,8-2)12(16)11-13(17)15(6,9-3)10-4;/h3-8,10-15H,1-2H3;11,16H,7-10H2,1-6H3;/q-1;;/b;12-11-;. The van der Waals surface area contributed by atoms with Crippen LogP contribution in [-0.4, -0.2) is 15.9 Å². The molecule has 0 spiro atoms. The van der Waals surface area contributed by atoms with Crippen LogP contribution in [0.1, 0.15) is 92.2 Å². The molecule has 4 nitrogen and oxygen atoms in total. The Bertz CT molecular complexity index is 1920. The van der Waals surface area contributed by atoms with Gasteiger partial charge in [0.1, 0.15) is 11.3 Å². The third kappa shape index (κ3) is 6.25. The maximum absolute atomic E-state index is 12.2. The molecule has 2 aromatic heterocycles. The zero-order valence-electron chi connectivity index (χ0n) is 28.4. The number of rotatable bonds is 8. The van der Waals surface area contributed by atoms with Crippen LogP contribution < -0.4 is 0 Å². The SMILES string of the molecule is CC1(C)C=Cc2c3oc4c(-c5ccccn5)[c-]ccc4c3cc3cccc1c23.CCC(C)(CC)C(=O)/C=C(\O)C(C)(CC)CC.[Ir]. The molecule has 0 atom stereocenters. The fraction of sp³-hybridized carbons (Fsp3) is 0.366. The number of pyridine rings is 1. The largest absolute Gasteiger partial charge is 0.512 e. The Hall–Kier alpha value is -3.53. The van der Waals surface area contributed by atoms with Crippen molar-refractivity contribution in [2.45, 2.75) is 86.5 Å². The molecule has 0 unspecified atom stereocenters. The Morgan fingerprint density at radius 1 is 0.935 bits per heavy atom. The maximum atomic E-state index is 12.2. The summed E-state index contributed by atoms with van der Waals surface area (Å²) in [6, 6.07) is 22.2. The average molecular weight is 793 g/mol. The number of hydrogen-bond acceptors (Lipinski definition) is 4. The van der Waals surface area contributed by atoms with E-state index >= 15 is 0 Å². The molecule has 1 N–H and O–H groups in total. The second-order valence-corrected chi connectivity index (χ2v) is 13.5. The summed E-state index contributed by atoms with van der Waals surface area (Å²) in [4.78, 5) is 16.7. The van der Waals surface area contributed by atoms with Gasteiger partial charge in [0.25, 0.3) is 0 Å². The number of benzene rings is 3. The predicted octanol–water partition coefficient (Wildman–Crippen LogP) is 11.6. The molecule has 1 radical (unpaired) electrons. The first-order valence-electron chi connectivity index (χ1n) is 16.3. The van der Waals surface area contributed by atoms with Crippen LogP contribution in [0.4, 0.5) is 0 Å². The van der Waals surface area contributed by atoms with Crippen molar-refractivity contribution < 1.29 is 34.4 Å². The fourth-order valence-electron chi connectivity index (χ4n) is 6.15. The van der Waals surface area contributed by atoms with E-state index in [0.717, 1.165) is 58.9 Å². The van der Waals surface area contributed by atoms with Gasteiger partial charge in [-0.25, -0.2) is 0 Å². The monoisotopic (exact) mass is 793 g/mol. The van der Waals surface area contributed by atoms with Crippen molar-refractivity contribution in [3.63, 3.8) is 0 Å². The first-order chi connectivity index (χ1) is 21.4. The summed E-state index contributed by atoms with van der Waals surface area (Å²) in [6.07, 6.45) is 11.1. The molecule has 6 rings (SSSR count). The van der Waals surface area contributed by atoms with Gasteiger partial charge in [0.2, 0.25) is 0 Å². The minimum absolute atomic E-state index is 0. The van der Waals surface area contributed by atoms with Crippen LogP contribution in [0.15, 0.2) is 83.1 Å². The quantitative estimate of drug-likeness (QED) is 0.0966. The van der Waals surface area contributed by atoms with Crippen LogP contribution >= 0.6 is 0 Å². The van der Waals surface area contributed by atoms with Crippen LogP contribution in [0.2, 0.25) is 0 Å². The number of carbonyl (C=O) groups is 1. The average Bonchev–Trinajstić information content (AvgIpc) is 3.44. The number of allylic oxidation sites excluding steroid dienone is 3. The van der Waals surface area contributed by atoms with Gasteiger partial charge in [0, 0.05) is 59.6 Å². The van der Waals surface area contributed by atoms with Crippen molar-refractivity contribution >= 4 is 44.6 Å². The van der Waals surface area contributed by atoms with Gasteiger partial charge in [-0.3, -0.25) is 4.79 Å². The number of aliphatic hydroxyl groups excluding tert-OH is 1. The van der Waals surface area contributed by atoms with E-state index in [1.807, 2.05) is 65.8 Å². The summed E-state index contributed by atoms with van der Waals surface area (Å²) in [7, 11) is 0. The van der Waals surface area contributed by atoms with Gasteiger partial charge >= 0.3 is 0 Å². The Morgan fingerprint density at radius 2 is 1.63 bits per heavy atom. The molecule has 0 saturated heterocycles. The van der Waals surface area contributed by atoms with Crippen molar-refractivity contribution in [2.24, 2.45) is 10.8 Å². The van der Waals surface area contributed by atoms with E-state index in [4.69, 9.17) is 4.42 Å². The molecule has 1 aliphatic carbocycles. The molecule has 0 aliphatic heterocycles. The van der Waals surface area contributed by atoms with Gasteiger partial charge < -0.3 is 14.5 Å². The summed E-state index contributed by atoms with van der Waals surface area (Å²) in [5.74, 6) is 0.286. The molecule has 5 heteroatoms. The molecule has 1 aliphatic rings. The summed E-state index contributed by atoms with van der Waals surface area (Å²) in [6.45, 7) is 16.6. The minimum Gasteiger partial charge on any atom is -0.512 e. The molecule has 0 amide bonds. The van der Waals surface area contributed by atoms with E-state index in [1.165, 1.54) is 28.0 Å². The molecule has 5 aromatic rings. The number of aromatic nitrogens is 1. The number of nitrogens with zero attached hydrogens (tertiary/aromatic N) is 1. The summed E-state index contributed by atoms with van der Waals surface area (Å²) >= 11 is 0. The van der Waals surface area contributed by atoms with Crippen molar-refractivity contribution in [1.29, 1.82) is 0 Å². The first kappa shape index (κ1) is 35.3. The van der Waals surface area contributed by atoms with Gasteiger partial charge in [0.15, 0.2) is 5.78 Å². The van der Waals surface area contributed by atoms with Crippen LogP contribution in [0.25, 0.3) is 50.0 Å². The fourth-order valence-corrected chi connectivity index (χ4v) is 6.15. The van der Waals surface area contributed by atoms with Gasteiger partial charge in [-0.2, -0.15) is 0 Å². The predicted molar refractivity (Wildman–Crippen MR) is 188 cm³/mol. The second kappa shape index (κ2) is 13.7. The molecular weight excluding hydrogens is 747 g/mol. The van der Waals surface area contributed by atoms with Gasteiger partial charge in [-0.05, 0) is 59.8 Å². The molecule has 46 heavy (non-hydrogen) atoms. The molecule has 0 fully saturated rings. The normalized spacial score (nSPS) is 14.2. The molecule has 243 valence electrons. The topological polar surface area (TPSA) is 63.3 Å². The van der Waals surface area contributed by atoms with E-state index in [0.29, 0.717) is 0 Å². The number of aliphatic hydroxyl groups is 1. The van der Waals surface area contributed by atoms with Crippen LogP contribution in [0, 0.1) is 16.9 Å². The molecular formula is C41H46IrNO3-. The van der Waals surface area contributed by atoms with Crippen molar-refractivity contribution in [1.82, 2.24) is 4.98 Å². The molecule has 0 bridgehead atoms. The third-order valence-electron chi connectivity index (χ3n) is 10.5. The molecule has 0 saturated carbocycles. The Balaban J connectivity index is 0.000000234. The molecule has 2 heterocycles. The zero-order valence-corrected chi connectivity index (χ0v) is 30.8. The van der Waals surface area contributed by atoms with Gasteiger partial charge in [-0.1, -0.05) is 109 Å². The summed E-state index contributed by atoms with van der Waals surface area (Å²) in [5.41, 5.74) is 5.51. The third-order valence-corrected chi connectivity index (χ3v) is 10.5. The van der Waals surface area contributed by atoms with Crippen molar-refractivity contribution in [2.75, 3.05) is 0 Å². The van der Waals surface area contributed by atoms with Crippen molar-refractivity contribution in [3.05, 3.63) is 95.9 Å². The van der Waals surface area contributed by atoms with Gasteiger partial charge in [-0.15, -0.1) is 18.2 Å². The zero-order chi connectivity index (χ0) is 32.6. The van der Waals surface area contributed by atoms with Gasteiger partial charge in [0.05, 0.1) is 5.58 Å². The number of furan rings is 1. The second-order valence-electron chi connectivity index (χ2n) is 13.5. The smallest absolute Gasteiger partial charge is 0.164 e. The van der Waals surface area contributed by atoms with E-state index in [1.54, 1.807) is 6.20 Å². The van der Waals surface area contributed by atoms with E-state index in [2.05, 4.69) is 67.4 Å². The minimum atomic E-state index is -0.337. The molecule has 3 aromatic carbocycles. The Kier molecular flexibility index (Phi) is 10.5. The Morgan fingerprint density at radius 3 is 2.26 bits per heavy atom.